The fraction of sp³-hybridized carbons (Fsp3) is 0.182. The number of sulfonamides is 1. The molecule has 1 aliphatic heterocycles. The molecule has 4 rings (SSSR count). The quantitative estimate of drug-likeness (QED) is 0.542. The van der Waals surface area contributed by atoms with Gasteiger partial charge in [0.05, 0.1) is 16.3 Å². The van der Waals surface area contributed by atoms with Crippen molar-refractivity contribution in [2.45, 2.75) is 18.2 Å². The number of carbonyl (C=O) groups excluding carboxylic acids is 1. The van der Waals surface area contributed by atoms with Crippen molar-refractivity contribution >= 4 is 38.1 Å². The first-order valence-corrected chi connectivity index (χ1v) is 12.0. The summed E-state index contributed by atoms with van der Waals surface area (Å²) < 4.78 is 33.4. The number of rotatable bonds is 7. The Morgan fingerprint density at radius 1 is 1.26 bits per heavy atom. The minimum atomic E-state index is -3.73. The van der Waals surface area contributed by atoms with Gasteiger partial charge in [0.1, 0.15) is 5.75 Å². The lowest BCUT2D eigenvalue weighted by atomic mass is 10.1. The molecular formula is C22H21N3O4S2. The number of aromatic nitrogens is 1. The molecule has 1 amide bonds. The van der Waals surface area contributed by atoms with Gasteiger partial charge >= 0.3 is 0 Å². The highest BCUT2D eigenvalue weighted by Crippen LogP contribution is 2.37. The molecule has 31 heavy (non-hydrogen) atoms. The highest BCUT2D eigenvalue weighted by Gasteiger charge is 2.25. The van der Waals surface area contributed by atoms with E-state index in [1.165, 1.54) is 11.3 Å². The molecule has 0 unspecified atom stereocenters. The maximum Gasteiger partial charge on any atom is 0.265 e. The van der Waals surface area contributed by atoms with Crippen LogP contribution in [0.1, 0.15) is 12.5 Å². The topological polar surface area (TPSA) is 88.6 Å². The van der Waals surface area contributed by atoms with Crippen LogP contribution in [0.5, 0.6) is 5.75 Å². The van der Waals surface area contributed by atoms with Crippen LogP contribution in [0, 0.1) is 0 Å². The van der Waals surface area contributed by atoms with Crippen molar-refractivity contribution in [3.8, 4) is 17.0 Å². The number of thiazole rings is 1. The van der Waals surface area contributed by atoms with E-state index in [1.54, 1.807) is 46.7 Å². The first kappa shape index (κ1) is 21.1. The Bertz CT molecular complexity index is 1230. The van der Waals surface area contributed by atoms with Gasteiger partial charge in [-0.2, -0.15) is 0 Å². The Hall–Kier alpha value is -3.17. The van der Waals surface area contributed by atoms with Crippen molar-refractivity contribution in [3.63, 3.8) is 0 Å². The SMILES string of the molecule is C=CCN1C(=O)COc2ccc(-c3csc(NS(=O)(=O)c4ccc(CC)cc4)n3)cc21. The summed E-state index contributed by atoms with van der Waals surface area (Å²) in [5.74, 6) is 0.460. The lowest BCUT2D eigenvalue weighted by Gasteiger charge is -2.28. The maximum absolute atomic E-state index is 12.7. The van der Waals surface area contributed by atoms with Crippen molar-refractivity contribution in [3.05, 3.63) is 66.1 Å². The molecule has 3 aromatic rings. The number of fused-ring (bicyclic) bond motifs is 1. The van der Waals surface area contributed by atoms with E-state index < -0.39 is 10.0 Å². The third-order valence-corrected chi connectivity index (χ3v) is 7.12. The van der Waals surface area contributed by atoms with Crippen molar-refractivity contribution in [1.29, 1.82) is 0 Å². The Labute approximate surface area is 185 Å². The summed E-state index contributed by atoms with van der Waals surface area (Å²) in [6.07, 6.45) is 2.49. The molecule has 1 aliphatic rings. The number of carbonyl (C=O) groups is 1. The average molecular weight is 456 g/mol. The first-order valence-electron chi connectivity index (χ1n) is 9.67. The molecule has 1 aromatic heterocycles. The van der Waals surface area contributed by atoms with Crippen LogP contribution in [0.15, 0.2) is 65.4 Å². The van der Waals surface area contributed by atoms with Gasteiger partial charge < -0.3 is 9.64 Å². The lowest BCUT2D eigenvalue weighted by molar-refractivity contribution is -0.121. The smallest absolute Gasteiger partial charge is 0.265 e. The van der Waals surface area contributed by atoms with E-state index in [0.717, 1.165) is 17.5 Å². The molecule has 0 saturated heterocycles. The van der Waals surface area contributed by atoms with Gasteiger partial charge in [-0.3, -0.25) is 9.52 Å². The lowest BCUT2D eigenvalue weighted by Crippen LogP contribution is -2.38. The monoisotopic (exact) mass is 455 g/mol. The van der Waals surface area contributed by atoms with Crippen molar-refractivity contribution in [2.24, 2.45) is 0 Å². The summed E-state index contributed by atoms with van der Waals surface area (Å²) in [5.41, 5.74) is 3.05. The molecule has 1 N–H and O–H groups in total. The molecule has 0 aliphatic carbocycles. The van der Waals surface area contributed by atoms with E-state index in [4.69, 9.17) is 4.74 Å². The predicted molar refractivity (Wildman–Crippen MR) is 122 cm³/mol. The molecule has 2 aromatic carbocycles. The molecule has 160 valence electrons. The molecule has 9 heteroatoms. The van der Waals surface area contributed by atoms with E-state index in [9.17, 15) is 13.2 Å². The van der Waals surface area contributed by atoms with Gasteiger partial charge in [-0.1, -0.05) is 25.1 Å². The number of hydrogen-bond acceptors (Lipinski definition) is 6. The minimum Gasteiger partial charge on any atom is -0.482 e. The number of nitrogens with one attached hydrogen (secondary N) is 1. The number of ether oxygens (including phenoxy) is 1. The fourth-order valence-electron chi connectivity index (χ4n) is 3.22. The van der Waals surface area contributed by atoms with Crippen LogP contribution in [0.25, 0.3) is 11.3 Å². The van der Waals surface area contributed by atoms with Crippen LogP contribution in [0.4, 0.5) is 10.8 Å². The standard InChI is InChI=1S/C22H21N3O4S2/c1-3-11-25-19-12-16(7-10-20(19)29-13-21(25)26)18-14-30-22(23-18)24-31(27,28)17-8-5-15(4-2)6-9-17/h3,5-10,12,14H,1,4,11,13H2,2H3,(H,23,24). The largest absolute Gasteiger partial charge is 0.482 e. The van der Waals surface area contributed by atoms with Gasteiger partial charge in [0.2, 0.25) is 0 Å². The van der Waals surface area contributed by atoms with Crippen LogP contribution >= 0.6 is 11.3 Å². The second kappa shape index (κ2) is 8.52. The molecular weight excluding hydrogens is 434 g/mol. The number of nitrogens with zero attached hydrogens (tertiary/aromatic N) is 2. The first-order chi connectivity index (χ1) is 14.9. The van der Waals surface area contributed by atoms with E-state index in [2.05, 4.69) is 16.3 Å². The van der Waals surface area contributed by atoms with Gasteiger partial charge in [0, 0.05) is 17.5 Å². The zero-order valence-corrected chi connectivity index (χ0v) is 18.5. The third kappa shape index (κ3) is 4.33. The van der Waals surface area contributed by atoms with Crippen LogP contribution in [0.2, 0.25) is 0 Å². The third-order valence-electron chi connectivity index (χ3n) is 4.88. The average Bonchev–Trinajstić information content (AvgIpc) is 3.23. The van der Waals surface area contributed by atoms with Gasteiger partial charge in [0.25, 0.3) is 15.9 Å². The summed E-state index contributed by atoms with van der Waals surface area (Å²) in [6.45, 7) is 6.08. The van der Waals surface area contributed by atoms with Gasteiger partial charge in [0.15, 0.2) is 11.7 Å². The Balaban J connectivity index is 1.59. The van der Waals surface area contributed by atoms with Crippen molar-refractivity contribution in [1.82, 2.24) is 4.98 Å². The van der Waals surface area contributed by atoms with E-state index in [0.29, 0.717) is 23.7 Å². The van der Waals surface area contributed by atoms with Gasteiger partial charge in [-0.25, -0.2) is 13.4 Å². The molecule has 0 spiro atoms. The normalized spacial score (nSPS) is 13.5. The van der Waals surface area contributed by atoms with Crippen LogP contribution in [-0.4, -0.2) is 32.5 Å². The Morgan fingerprint density at radius 3 is 2.74 bits per heavy atom. The summed E-state index contributed by atoms with van der Waals surface area (Å²) >= 11 is 1.19. The van der Waals surface area contributed by atoms with E-state index in [-0.39, 0.29) is 22.5 Å². The number of amides is 1. The molecule has 0 saturated carbocycles. The Morgan fingerprint density at radius 2 is 2.03 bits per heavy atom. The second-order valence-corrected chi connectivity index (χ2v) is 9.45. The maximum atomic E-state index is 12.7. The van der Waals surface area contributed by atoms with Crippen LogP contribution < -0.4 is 14.4 Å². The molecule has 0 bridgehead atoms. The Kier molecular flexibility index (Phi) is 5.79. The van der Waals surface area contributed by atoms with Gasteiger partial charge in [-0.15, -0.1) is 17.9 Å². The minimum absolute atomic E-state index is 0.0119. The zero-order chi connectivity index (χ0) is 22.0. The van der Waals surface area contributed by atoms with E-state index >= 15 is 0 Å². The number of anilines is 2. The molecule has 2 heterocycles. The van der Waals surface area contributed by atoms with Crippen molar-refractivity contribution in [2.75, 3.05) is 22.8 Å². The van der Waals surface area contributed by atoms with Gasteiger partial charge in [-0.05, 0) is 42.3 Å². The molecule has 0 fully saturated rings. The molecule has 0 radical (unpaired) electrons. The fourth-order valence-corrected chi connectivity index (χ4v) is 5.19. The highest BCUT2D eigenvalue weighted by atomic mass is 32.2. The number of benzene rings is 2. The van der Waals surface area contributed by atoms with E-state index in [1.807, 2.05) is 19.1 Å². The van der Waals surface area contributed by atoms with Crippen LogP contribution in [-0.2, 0) is 21.2 Å². The zero-order valence-electron chi connectivity index (χ0n) is 16.9. The summed E-state index contributed by atoms with van der Waals surface area (Å²) in [6, 6.07) is 12.2. The summed E-state index contributed by atoms with van der Waals surface area (Å²) in [4.78, 5) is 18.4. The van der Waals surface area contributed by atoms with Crippen LogP contribution in [0.3, 0.4) is 0 Å². The molecule has 7 nitrogen and oxygen atoms in total. The van der Waals surface area contributed by atoms with Crippen molar-refractivity contribution < 1.29 is 17.9 Å². The second-order valence-electron chi connectivity index (χ2n) is 6.91. The predicted octanol–water partition coefficient (Wildman–Crippen LogP) is 4.08. The number of hydrogen-bond donors (Lipinski definition) is 1. The number of aryl methyl sites for hydroxylation is 1. The summed E-state index contributed by atoms with van der Waals surface area (Å²) in [5, 5.41) is 2.03. The highest BCUT2D eigenvalue weighted by molar-refractivity contribution is 7.93. The summed E-state index contributed by atoms with van der Waals surface area (Å²) in [7, 11) is -3.73. The molecule has 0 atom stereocenters.